The maximum absolute atomic E-state index is 12.8. The second kappa shape index (κ2) is 12.5. The van der Waals surface area contributed by atoms with E-state index in [0.29, 0.717) is 12.2 Å². The summed E-state index contributed by atoms with van der Waals surface area (Å²) in [6.07, 6.45) is 1.88. The van der Waals surface area contributed by atoms with Gasteiger partial charge in [0.2, 0.25) is 11.8 Å². The first-order valence-corrected chi connectivity index (χ1v) is 11.0. The van der Waals surface area contributed by atoms with E-state index in [4.69, 9.17) is 10.5 Å². The minimum absolute atomic E-state index is 0.0987. The van der Waals surface area contributed by atoms with Crippen molar-refractivity contribution in [1.29, 1.82) is 0 Å². The van der Waals surface area contributed by atoms with Crippen molar-refractivity contribution in [1.82, 2.24) is 10.6 Å². The normalized spacial score (nSPS) is 12.4. The van der Waals surface area contributed by atoms with Crippen molar-refractivity contribution >= 4 is 29.7 Å². The number of thioether (sulfide) groups is 1. The molecule has 0 radical (unpaired) electrons. The molecule has 0 heterocycles. The monoisotopic (exact) mass is 429 g/mol. The molecule has 0 aliphatic heterocycles. The van der Waals surface area contributed by atoms with E-state index in [-0.39, 0.29) is 13.0 Å². The van der Waals surface area contributed by atoms with Crippen LogP contribution in [0.3, 0.4) is 0 Å². The number of hydrogen-bond acceptors (Lipinski definition) is 5. The van der Waals surface area contributed by atoms with E-state index in [2.05, 4.69) is 10.6 Å². The Morgan fingerprint density at radius 1 is 0.933 bits per heavy atom. The molecule has 2 rings (SSSR count). The van der Waals surface area contributed by atoms with Crippen LogP contribution in [0.25, 0.3) is 0 Å². The smallest absolute Gasteiger partial charge is 0.408 e. The first kappa shape index (κ1) is 23.3. The topological polar surface area (TPSA) is 111 Å². The minimum atomic E-state index is -0.876. The molecule has 0 saturated heterocycles. The fourth-order valence-corrected chi connectivity index (χ4v) is 3.23. The number of rotatable bonds is 11. The zero-order chi connectivity index (χ0) is 21.8. The molecule has 2 aromatic carbocycles. The number of carbonyl (C=O) groups is 3. The SMILES string of the molecule is CSCCC(NC(=O)OCc1ccccc1)C(=O)NC(Cc1ccccc1)C(N)=O. The van der Waals surface area contributed by atoms with Gasteiger partial charge in [-0.25, -0.2) is 4.79 Å². The average molecular weight is 430 g/mol. The number of nitrogens with one attached hydrogen (secondary N) is 2. The van der Waals surface area contributed by atoms with E-state index in [1.54, 1.807) is 11.8 Å². The van der Waals surface area contributed by atoms with E-state index in [0.717, 1.165) is 11.1 Å². The summed E-state index contributed by atoms with van der Waals surface area (Å²) in [4.78, 5) is 36.8. The van der Waals surface area contributed by atoms with Crippen LogP contribution in [0.2, 0.25) is 0 Å². The number of carbonyl (C=O) groups excluding carboxylic acids is 3. The number of hydrogen-bond donors (Lipinski definition) is 3. The van der Waals surface area contributed by atoms with Crippen LogP contribution in [0.5, 0.6) is 0 Å². The van der Waals surface area contributed by atoms with Gasteiger partial charge >= 0.3 is 6.09 Å². The maximum Gasteiger partial charge on any atom is 0.408 e. The Morgan fingerprint density at radius 2 is 1.53 bits per heavy atom. The highest BCUT2D eigenvalue weighted by Gasteiger charge is 2.26. The fourth-order valence-electron chi connectivity index (χ4n) is 2.76. The van der Waals surface area contributed by atoms with Crippen LogP contribution in [0.4, 0.5) is 4.79 Å². The highest BCUT2D eigenvalue weighted by Crippen LogP contribution is 2.07. The summed E-state index contributed by atoms with van der Waals surface area (Å²) >= 11 is 1.55. The molecule has 0 spiro atoms. The van der Waals surface area contributed by atoms with Gasteiger partial charge in [0.05, 0.1) is 0 Å². The number of amides is 3. The Balaban J connectivity index is 1.96. The molecular weight excluding hydrogens is 402 g/mol. The second-order valence-corrected chi connectivity index (χ2v) is 7.68. The standard InChI is InChI=1S/C22H27N3O4S/c1-30-13-12-18(25-22(28)29-15-17-10-6-3-7-11-17)21(27)24-19(20(23)26)14-16-8-4-2-5-9-16/h2-11,18-19H,12-15H2,1H3,(H2,23,26)(H,24,27)(H,25,28). The van der Waals surface area contributed by atoms with E-state index in [9.17, 15) is 14.4 Å². The molecular formula is C22H27N3O4S. The lowest BCUT2D eigenvalue weighted by atomic mass is 10.0. The molecule has 0 aliphatic carbocycles. The van der Waals surface area contributed by atoms with Crippen LogP contribution in [0, 0.1) is 0 Å². The third-order valence-corrected chi connectivity index (χ3v) is 5.02. The van der Waals surface area contributed by atoms with Gasteiger partial charge in [-0.1, -0.05) is 60.7 Å². The summed E-state index contributed by atoms with van der Waals surface area (Å²) in [6, 6.07) is 16.8. The summed E-state index contributed by atoms with van der Waals surface area (Å²) in [6.45, 7) is 0.0987. The van der Waals surface area contributed by atoms with Crippen LogP contribution >= 0.6 is 11.8 Å². The van der Waals surface area contributed by atoms with Gasteiger partial charge in [-0.2, -0.15) is 11.8 Å². The van der Waals surface area contributed by atoms with Crippen molar-refractivity contribution in [3.8, 4) is 0 Å². The number of primary amides is 1. The quantitative estimate of drug-likeness (QED) is 0.507. The zero-order valence-electron chi connectivity index (χ0n) is 16.9. The van der Waals surface area contributed by atoms with E-state index in [1.807, 2.05) is 66.9 Å². The zero-order valence-corrected chi connectivity index (χ0v) is 17.7. The van der Waals surface area contributed by atoms with Crippen LogP contribution in [0.1, 0.15) is 17.5 Å². The van der Waals surface area contributed by atoms with Gasteiger partial charge in [0.25, 0.3) is 0 Å². The molecule has 2 atom stereocenters. The molecule has 0 aromatic heterocycles. The Bertz CT molecular complexity index is 818. The van der Waals surface area contributed by atoms with Crippen LogP contribution in [0.15, 0.2) is 60.7 Å². The largest absolute Gasteiger partial charge is 0.445 e. The van der Waals surface area contributed by atoms with Gasteiger partial charge in [-0.05, 0) is 29.6 Å². The number of alkyl carbamates (subject to hydrolysis) is 1. The minimum Gasteiger partial charge on any atom is -0.445 e. The Labute approximate surface area is 180 Å². The van der Waals surface area contributed by atoms with Gasteiger partial charge in [0, 0.05) is 6.42 Å². The molecule has 0 saturated carbocycles. The number of benzene rings is 2. The molecule has 160 valence electrons. The first-order chi connectivity index (χ1) is 14.5. The third kappa shape index (κ3) is 8.16. The molecule has 8 heteroatoms. The van der Waals surface area contributed by atoms with Crippen molar-refractivity contribution in [3.05, 3.63) is 71.8 Å². The second-order valence-electron chi connectivity index (χ2n) is 6.69. The Morgan fingerprint density at radius 3 is 2.10 bits per heavy atom. The van der Waals surface area contributed by atoms with Crippen LogP contribution in [-0.4, -0.2) is 42.0 Å². The third-order valence-electron chi connectivity index (χ3n) is 4.37. The lowest BCUT2D eigenvalue weighted by molar-refractivity contribution is -0.128. The molecule has 0 aliphatic rings. The van der Waals surface area contributed by atoms with E-state index >= 15 is 0 Å². The lowest BCUT2D eigenvalue weighted by Gasteiger charge is -2.21. The van der Waals surface area contributed by atoms with Crippen molar-refractivity contribution < 1.29 is 19.1 Å². The molecule has 4 N–H and O–H groups in total. The van der Waals surface area contributed by atoms with Gasteiger partial charge in [-0.15, -0.1) is 0 Å². The van der Waals surface area contributed by atoms with Gasteiger partial charge < -0.3 is 21.1 Å². The molecule has 3 amide bonds. The Hall–Kier alpha value is -3.00. The molecule has 0 fully saturated rings. The summed E-state index contributed by atoms with van der Waals surface area (Å²) in [5, 5.41) is 5.25. The van der Waals surface area contributed by atoms with Crippen LogP contribution in [-0.2, 0) is 27.4 Å². The van der Waals surface area contributed by atoms with Gasteiger partial charge in [0.1, 0.15) is 18.7 Å². The van der Waals surface area contributed by atoms with Crippen molar-refractivity contribution in [2.24, 2.45) is 5.73 Å². The highest BCUT2D eigenvalue weighted by molar-refractivity contribution is 7.98. The van der Waals surface area contributed by atoms with E-state index < -0.39 is 30.0 Å². The van der Waals surface area contributed by atoms with Crippen molar-refractivity contribution in [2.45, 2.75) is 31.5 Å². The fraction of sp³-hybridized carbons (Fsp3) is 0.318. The Kier molecular flexibility index (Phi) is 9.73. The summed E-state index contributed by atoms with van der Waals surface area (Å²) in [5.41, 5.74) is 7.19. The first-order valence-electron chi connectivity index (χ1n) is 9.59. The predicted octanol–water partition coefficient (Wildman–Crippen LogP) is 2.25. The number of ether oxygens (including phenoxy) is 1. The molecule has 7 nitrogen and oxygen atoms in total. The average Bonchev–Trinajstić information content (AvgIpc) is 2.76. The van der Waals surface area contributed by atoms with Gasteiger partial charge in [0.15, 0.2) is 0 Å². The predicted molar refractivity (Wildman–Crippen MR) is 118 cm³/mol. The van der Waals surface area contributed by atoms with Crippen molar-refractivity contribution in [3.63, 3.8) is 0 Å². The molecule has 2 aromatic rings. The molecule has 2 unspecified atom stereocenters. The molecule has 0 bridgehead atoms. The van der Waals surface area contributed by atoms with Crippen molar-refractivity contribution in [2.75, 3.05) is 12.0 Å². The summed E-state index contributed by atoms with van der Waals surface area (Å²) in [5.74, 6) is -0.459. The number of nitrogens with two attached hydrogens (primary N) is 1. The summed E-state index contributed by atoms with van der Waals surface area (Å²) in [7, 11) is 0. The summed E-state index contributed by atoms with van der Waals surface area (Å²) < 4.78 is 5.21. The van der Waals surface area contributed by atoms with Gasteiger partial charge in [-0.3, -0.25) is 9.59 Å². The van der Waals surface area contributed by atoms with E-state index in [1.165, 1.54) is 0 Å². The lowest BCUT2D eigenvalue weighted by Crippen LogP contribution is -2.53. The highest BCUT2D eigenvalue weighted by atomic mass is 32.2. The molecule has 30 heavy (non-hydrogen) atoms. The van der Waals surface area contributed by atoms with Crippen LogP contribution < -0.4 is 16.4 Å². The maximum atomic E-state index is 12.8.